The minimum Gasteiger partial charge on any atom is -0.442 e. The normalized spacial score (nSPS) is 15.3. The first-order valence-electron chi connectivity index (χ1n) is 5.02. The summed E-state index contributed by atoms with van der Waals surface area (Å²) in [4.78, 5) is 0. The molecule has 0 aliphatic heterocycles. The molecule has 1 fully saturated rings. The van der Waals surface area contributed by atoms with E-state index < -0.39 is 5.82 Å². The fourth-order valence-corrected chi connectivity index (χ4v) is 2.43. The highest BCUT2D eigenvalue weighted by Gasteiger charge is 2.31. The van der Waals surface area contributed by atoms with Crippen LogP contribution in [0.3, 0.4) is 0 Å². The van der Waals surface area contributed by atoms with Crippen molar-refractivity contribution in [2.24, 2.45) is 0 Å². The summed E-state index contributed by atoms with van der Waals surface area (Å²) in [7, 11) is 0. The van der Waals surface area contributed by atoms with E-state index >= 15 is 0 Å². The van der Waals surface area contributed by atoms with Crippen molar-refractivity contribution >= 4 is 26.9 Å². The van der Waals surface area contributed by atoms with Crippen molar-refractivity contribution < 1.29 is 8.81 Å². The first kappa shape index (κ1) is 9.86. The molecule has 0 bridgehead atoms. The summed E-state index contributed by atoms with van der Waals surface area (Å²) in [6.45, 7) is 0. The van der Waals surface area contributed by atoms with Crippen LogP contribution in [-0.2, 0) is 0 Å². The molecular weight excluding hydrogens is 273 g/mol. The lowest BCUT2D eigenvalue weighted by atomic mass is 10.1. The van der Waals surface area contributed by atoms with Crippen LogP contribution in [0.1, 0.15) is 30.1 Å². The van der Waals surface area contributed by atoms with E-state index in [2.05, 4.69) is 15.9 Å². The summed E-state index contributed by atoms with van der Waals surface area (Å²) in [5.74, 6) is 0.201. The molecular formula is C12H7BrFNO. The average Bonchev–Trinajstić information content (AvgIpc) is 3.00. The van der Waals surface area contributed by atoms with E-state index in [-0.39, 0.29) is 11.3 Å². The third-order valence-corrected chi connectivity index (χ3v) is 3.29. The maximum absolute atomic E-state index is 13.6. The van der Waals surface area contributed by atoms with E-state index in [0.29, 0.717) is 10.4 Å². The van der Waals surface area contributed by atoms with E-state index in [1.54, 1.807) is 0 Å². The highest BCUT2D eigenvalue weighted by atomic mass is 79.9. The predicted molar refractivity (Wildman–Crippen MR) is 60.6 cm³/mol. The van der Waals surface area contributed by atoms with Gasteiger partial charge < -0.3 is 4.42 Å². The molecule has 3 rings (SSSR count). The van der Waals surface area contributed by atoms with Crippen molar-refractivity contribution in [1.29, 1.82) is 5.26 Å². The fraction of sp³-hybridized carbons (Fsp3) is 0.250. The standard InChI is InChI=1S/C12H7BrFNO/c13-7-3-8-11(6-1-2-6)10(5-15)16-12(8)9(14)4-7/h3-4,6H,1-2H2. The molecule has 2 nitrogen and oxygen atoms in total. The molecule has 2 aromatic rings. The maximum Gasteiger partial charge on any atom is 0.208 e. The number of halogens is 2. The quantitative estimate of drug-likeness (QED) is 0.789. The molecule has 1 aromatic heterocycles. The Morgan fingerprint density at radius 2 is 2.19 bits per heavy atom. The molecule has 0 amide bonds. The van der Waals surface area contributed by atoms with Gasteiger partial charge in [0, 0.05) is 15.4 Å². The van der Waals surface area contributed by atoms with Crippen molar-refractivity contribution in [1.82, 2.24) is 0 Å². The average molecular weight is 280 g/mol. The molecule has 0 saturated heterocycles. The van der Waals surface area contributed by atoms with Crippen molar-refractivity contribution in [2.45, 2.75) is 18.8 Å². The van der Waals surface area contributed by atoms with Crippen LogP contribution in [0.15, 0.2) is 21.0 Å². The van der Waals surface area contributed by atoms with Gasteiger partial charge in [-0.05, 0) is 30.9 Å². The van der Waals surface area contributed by atoms with Gasteiger partial charge in [-0.15, -0.1) is 0 Å². The Labute approximate surface area is 99.8 Å². The first-order chi connectivity index (χ1) is 7.70. The topological polar surface area (TPSA) is 36.9 Å². The van der Waals surface area contributed by atoms with Gasteiger partial charge >= 0.3 is 0 Å². The zero-order valence-electron chi connectivity index (χ0n) is 8.26. The van der Waals surface area contributed by atoms with Crippen LogP contribution < -0.4 is 0 Å². The Hall–Kier alpha value is -1.34. The summed E-state index contributed by atoms with van der Waals surface area (Å²) in [5.41, 5.74) is 1.07. The largest absolute Gasteiger partial charge is 0.442 e. The number of furan rings is 1. The van der Waals surface area contributed by atoms with E-state index in [1.807, 2.05) is 12.1 Å². The predicted octanol–water partition coefficient (Wildman–Crippen LogP) is 4.08. The van der Waals surface area contributed by atoms with Crippen LogP contribution >= 0.6 is 15.9 Å². The summed E-state index contributed by atoms with van der Waals surface area (Å²) in [6, 6.07) is 5.17. The van der Waals surface area contributed by atoms with Gasteiger partial charge in [0.15, 0.2) is 11.4 Å². The molecule has 0 spiro atoms. The number of hydrogen-bond acceptors (Lipinski definition) is 2. The Kier molecular flexibility index (Phi) is 2.05. The molecule has 80 valence electrons. The SMILES string of the molecule is N#Cc1oc2c(F)cc(Br)cc2c1C1CC1. The first-order valence-corrected chi connectivity index (χ1v) is 5.81. The number of fused-ring (bicyclic) bond motifs is 1. The monoisotopic (exact) mass is 279 g/mol. The summed E-state index contributed by atoms with van der Waals surface area (Å²) in [5, 5.41) is 9.71. The molecule has 0 radical (unpaired) electrons. The Bertz CT molecular complexity index is 622. The number of nitriles is 1. The van der Waals surface area contributed by atoms with Crippen molar-refractivity contribution in [2.75, 3.05) is 0 Å². The minimum atomic E-state index is -0.423. The van der Waals surface area contributed by atoms with Gasteiger partial charge in [0.2, 0.25) is 5.76 Å². The lowest BCUT2D eigenvalue weighted by Gasteiger charge is -1.96. The molecule has 16 heavy (non-hydrogen) atoms. The van der Waals surface area contributed by atoms with Gasteiger partial charge in [0.1, 0.15) is 6.07 Å². The Balaban J connectivity index is 2.40. The molecule has 0 atom stereocenters. The second-order valence-electron chi connectivity index (χ2n) is 4.00. The van der Waals surface area contributed by atoms with E-state index in [9.17, 15) is 4.39 Å². The smallest absolute Gasteiger partial charge is 0.208 e. The van der Waals surface area contributed by atoms with Gasteiger partial charge in [-0.2, -0.15) is 5.26 Å². The summed E-state index contributed by atoms with van der Waals surface area (Å²) in [6.07, 6.45) is 2.11. The Morgan fingerprint density at radius 1 is 1.44 bits per heavy atom. The zero-order valence-corrected chi connectivity index (χ0v) is 9.84. The van der Waals surface area contributed by atoms with Crippen molar-refractivity contribution in [3.63, 3.8) is 0 Å². The van der Waals surface area contributed by atoms with Crippen LogP contribution in [-0.4, -0.2) is 0 Å². The van der Waals surface area contributed by atoms with Crippen molar-refractivity contribution in [3.05, 3.63) is 33.7 Å². The van der Waals surface area contributed by atoms with E-state index in [4.69, 9.17) is 9.68 Å². The van der Waals surface area contributed by atoms with Crippen LogP contribution in [0.5, 0.6) is 0 Å². The molecule has 1 saturated carbocycles. The number of benzene rings is 1. The minimum absolute atomic E-state index is 0.196. The molecule has 4 heteroatoms. The maximum atomic E-state index is 13.6. The van der Waals surface area contributed by atoms with Gasteiger partial charge in [0.25, 0.3) is 0 Å². The third-order valence-electron chi connectivity index (χ3n) is 2.83. The number of hydrogen-bond donors (Lipinski definition) is 0. The highest BCUT2D eigenvalue weighted by Crippen LogP contribution is 2.46. The summed E-state index contributed by atoms with van der Waals surface area (Å²) >= 11 is 3.25. The van der Waals surface area contributed by atoms with Crippen LogP contribution in [0.25, 0.3) is 11.0 Å². The fourth-order valence-electron chi connectivity index (χ4n) is 2.00. The Morgan fingerprint density at radius 3 is 2.81 bits per heavy atom. The molecule has 0 unspecified atom stereocenters. The van der Waals surface area contributed by atoms with Crippen LogP contribution in [0.2, 0.25) is 0 Å². The number of rotatable bonds is 1. The molecule has 1 aliphatic carbocycles. The lowest BCUT2D eigenvalue weighted by molar-refractivity contribution is 0.548. The van der Waals surface area contributed by atoms with Gasteiger partial charge in [0.05, 0.1) is 0 Å². The highest BCUT2D eigenvalue weighted by molar-refractivity contribution is 9.10. The number of nitrogens with zero attached hydrogens (tertiary/aromatic N) is 1. The zero-order chi connectivity index (χ0) is 11.3. The molecule has 1 aromatic carbocycles. The lowest BCUT2D eigenvalue weighted by Crippen LogP contribution is -1.81. The molecule has 1 aliphatic rings. The van der Waals surface area contributed by atoms with Gasteiger partial charge in [-0.1, -0.05) is 15.9 Å². The van der Waals surface area contributed by atoms with Gasteiger partial charge in [-0.3, -0.25) is 0 Å². The van der Waals surface area contributed by atoms with Crippen LogP contribution in [0, 0.1) is 17.1 Å². The van der Waals surface area contributed by atoms with E-state index in [0.717, 1.165) is 23.8 Å². The van der Waals surface area contributed by atoms with E-state index in [1.165, 1.54) is 6.07 Å². The van der Waals surface area contributed by atoms with Gasteiger partial charge in [-0.25, -0.2) is 4.39 Å². The second kappa shape index (κ2) is 3.33. The third kappa shape index (κ3) is 1.35. The second-order valence-corrected chi connectivity index (χ2v) is 4.91. The molecule has 0 N–H and O–H groups in total. The molecule has 1 heterocycles. The summed E-state index contributed by atoms with van der Waals surface area (Å²) < 4.78 is 19.6. The van der Waals surface area contributed by atoms with Crippen LogP contribution in [0.4, 0.5) is 4.39 Å². The van der Waals surface area contributed by atoms with Crippen molar-refractivity contribution in [3.8, 4) is 6.07 Å².